The number of guanidine groups is 1. The van der Waals surface area contributed by atoms with E-state index in [0.29, 0.717) is 12.5 Å². The number of benzene rings is 1. The van der Waals surface area contributed by atoms with Crippen molar-refractivity contribution in [2.75, 3.05) is 33.7 Å². The average molecular weight is 406 g/mol. The van der Waals surface area contributed by atoms with Crippen LogP contribution in [0.5, 0.6) is 0 Å². The van der Waals surface area contributed by atoms with Crippen LogP contribution in [0, 0.1) is 11.7 Å². The molecule has 1 aromatic rings. The zero-order chi connectivity index (χ0) is 14.4. The highest BCUT2D eigenvalue weighted by Crippen LogP contribution is 2.12. The second kappa shape index (κ2) is 9.19. The van der Waals surface area contributed by atoms with Gasteiger partial charge in [0.05, 0.1) is 0 Å². The lowest BCUT2D eigenvalue weighted by atomic mass is 10.1. The van der Waals surface area contributed by atoms with Gasteiger partial charge in [0, 0.05) is 26.7 Å². The monoisotopic (exact) mass is 406 g/mol. The van der Waals surface area contributed by atoms with Gasteiger partial charge in [-0.3, -0.25) is 4.99 Å². The smallest absolute Gasteiger partial charge is 0.191 e. The van der Waals surface area contributed by atoms with Crippen molar-refractivity contribution in [2.45, 2.75) is 13.0 Å². The number of hydrogen-bond donors (Lipinski definition) is 2. The van der Waals surface area contributed by atoms with Gasteiger partial charge in [0.1, 0.15) is 5.82 Å². The number of likely N-dealkylation sites (tertiary alicyclic amines) is 1. The number of aliphatic imine (C=N–C) groups is 1. The first-order valence-electron chi connectivity index (χ1n) is 7.05. The van der Waals surface area contributed by atoms with Crippen LogP contribution >= 0.6 is 24.0 Å². The second-order valence-electron chi connectivity index (χ2n) is 5.35. The minimum Gasteiger partial charge on any atom is -0.356 e. The maximum absolute atomic E-state index is 12.8. The summed E-state index contributed by atoms with van der Waals surface area (Å²) < 4.78 is 12.8. The molecule has 0 bridgehead atoms. The number of nitrogens with one attached hydrogen (secondary N) is 2. The van der Waals surface area contributed by atoms with Gasteiger partial charge in [0.25, 0.3) is 0 Å². The van der Waals surface area contributed by atoms with E-state index in [2.05, 4.69) is 27.6 Å². The highest BCUT2D eigenvalue weighted by atomic mass is 127. The predicted octanol–water partition coefficient (Wildman–Crippen LogP) is 2.06. The summed E-state index contributed by atoms with van der Waals surface area (Å²) in [7, 11) is 3.92. The maximum Gasteiger partial charge on any atom is 0.191 e. The summed E-state index contributed by atoms with van der Waals surface area (Å²) in [6.45, 7) is 3.90. The molecule has 1 heterocycles. The molecule has 1 unspecified atom stereocenters. The van der Waals surface area contributed by atoms with Crippen LogP contribution in [0.3, 0.4) is 0 Å². The van der Waals surface area contributed by atoms with E-state index in [1.807, 2.05) is 0 Å². The SMILES string of the molecule is CN=C(NCc1ccc(F)cc1)NCC1CCN(C)C1.I. The standard InChI is InChI=1S/C15H23FN4.HI/c1-17-15(19-10-13-7-8-20(2)11-13)18-9-12-3-5-14(16)6-4-12;/h3-6,13H,7-11H2,1-2H3,(H2,17,18,19);1H. The topological polar surface area (TPSA) is 39.7 Å². The Morgan fingerprint density at radius 2 is 2.05 bits per heavy atom. The Bertz CT molecular complexity index is 449. The van der Waals surface area contributed by atoms with Crippen LogP contribution < -0.4 is 10.6 Å². The molecule has 0 aliphatic carbocycles. The molecule has 1 saturated heterocycles. The number of halogens is 2. The van der Waals surface area contributed by atoms with Crippen molar-refractivity contribution in [3.63, 3.8) is 0 Å². The summed E-state index contributed by atoms with van der Waals surface area (Å²) in [5.74, 6) is 1.27. The molecule has 0 spiro atoms. The molecule has 1 aliphatic rings. The summed E-state index contributed by atoms with van der Waals surface area (Å²) in [4.78, 5) is 6.56. The lowest BCUT2D eigenvalue weighted by Gasteiger charge is -2.15. The van der Waals surface area contributed by atoms with E-state index in [0.717, 1.165) is 24.6 Å². The lowest BCUT2D eigenvalue weighted by Crippen LogP contribution is -2.39. The molecular formula is C15H24FIN4. The van der Waals surface area contributed by atoms with Gasteiger partial charge in [-0.2, -0.15) is 0 Å². The van der Waals surface area contributed by atoms with Crippen LogP contribution in [0.25, 0.3) is 0 Å². The van der Waals surface area contributed by atoms with E-state index in [-0.39, 0.29) is 29.8 Å². The summed E-state index contributed by atoms with van der Waals surface area (Å²) >= 11 is 0. The molecule has 1 aliphatic heterocycles. The Balaban J connectivity index is 0.00000220. The highest BCUT2D eigenvalue weighted by molar-refractivity contribution is 14.0. The zero-order valence-corrected chi connectivity index (χ0v) is 14.9. The van der Waals surface area contributed by atoms with Gasteiger partial charge < -0.3 is 15.5 Å². The molecule has 0 amide bonds. The number of hydrogen-bond acceptors (Lipinski definition) is 2. The van der Waals surface area contributed by atoms with Gasteiger partial charge in [0.2, 0.25) is 0 Å². The fraction of sp³-hybridized carbons (Fsp3) is 0.533. The van der Waals surface area contributed by atoms with E-state index in [4.69, 9.17) is 0 Å². The molecule has 2 rings (SSSR count). The zero-order valence-electron chi connectivity index (χ0n) is 12.6. The molecule has 0 saturated carbocycles. The first-order valence-corrected chi connectivity index (χ1v) is 7.05. The van der Waals surface area contributed by atoms with E-state index < -0.39 is 0 Å². The van der Waals surface area contributed by atoms with Gasteiger partial charge >= 0.3 is 0 Å². The molecule has 1 aromatic carbocycles. The van der Waals surface area contributed by atoms with Crippen molar-refractivity contribution in [1.29, 1.82) is 0 Å². The Kier molecular flexibility index (Phi) is 7.95. The van der Waals surface area contributed by atoms with Crippen LogP contribution in [0.15, 0.2) is 29.3 Å². The van der Waals surface area contributed by atoms with Crippen LogP contribution in [0.2, 0.25) is 0 Å². The van der Waals surface area contributed by atoms with Crippen LogP contribution in [-0.4, -0.2) is 44.6 Å². The Morgan fingerprint density at radius 3 is 2.62 bits per heavy atom. The first kappa shape index (κ1) is 18.2. The third kappa shape index (κ3) is 6.17. The molecule has 21 heavy (non-hydrogen) atoms. The molecule has 1 atom stereocenters. The Morgan fingerprint density at radius 1 is 1.33 bits per heavy atom. The van der Waals surface area contributed by atoms with Crippen LogP contribution in [-0.2, 0) is 6.54 Å². The van der Waals surface area contributed by atoms with Gasteiger partial charge in [-0.05, 0) is 43.6 Å². The van der Waals surface area contributed by atoms with Crippen molar-refractivity contribution in [2.24, 2.45) is 10.9 Å². The van der Waals surface area contributed by atoms with E-state index in [1.165, 1.54) is 25.1 Å². The van der Waals surface area contributed by atoms with Gasteiger partial charge in [0.15, 0.2) is 5.96 Å². The van der Waals surface area contributed by atoms with E-state index in [9.17, 15) is 4.39 Å². The van der Waals surface area contributed by atoms with Gasteiger partial charge in [-0.1, -0.05) is 12.1 Å². The Hall–Kier alpha value is -0.890. The van der Waals surface area contributed by atoms with Crippen LogP contribution in [0.1, 0.15) is 12.0 Å². The quantitative estimate of drug-likeness (QED) is 0.457. The van der Waals surface area contributed by atoms with Crippen LogP contribution in [0.4, 0.5) is 4.39 Å². The summed E-state index contributed by atoms with van der Waals surface area (Å²) in [6.07, 6.45) is 1.23. The van der Waals surface area contributed by atoms with Gasteiger partial charge in [-0.15, -0.1) is 24.0 Å². The van der Waals surface area contributed by atoms with Crippen molar-refractivity contribution in [3.8, 4) is 0 Å². The first-order chi connectivity index (χ1) is 9.67. The Labute approximate surface area is 143 Å². The summed E-state index contributed by atoms with van der Waals surface area (Å²) in [5.41, 5.74) is 1.04. The summed E-state index contributed by atoms with van der Waals surface area (Å²) in [5, 5.41) is 6.59. The minimum atomic E-state index is -0.207. The molecule has 0 radical (unpaired) electrons. The largest absolute Gasteiger partial charge is 0.356 e. The highest BCUT2D eigenvalue weighted by Gasteiger charge is 2.19. The van der Waals surface area contributed by atoms with Crippen molar-refractivity contribution >= 4 is 29.9 Å². The predicted molar refractivity (Wildman–Crippen MR) is 95.6 cm³/mol. The fourth-order valence-corrected chi connectivity index (χ4v) is 2.44. The maximum atomic E-state index is 12.8. The molecule has 118 valence electrons. The van der Waals surface area contributed by atoms with Crippen molar-refractivity contribution in [3.05, 3.63) is 35.6 Å². The molecule has 2 N–H and O–H groups in total. The molecule has 6 heteroatoms. The normalized spacial score (nSPS) is 19.2. The third-order valence-electron chi connectivity index (χ3n) is 3.64. The minimum absolute atomic E-state index is 0. The van der Waals surface area contributed by atoms with Crippen molar-refractivity contribution < 1.29 is 4.39 Å². The van der Waals surface area contributed by atoms with E-state index >= 15 is 0 Å². The van der Waals surface area contributed by atoms with Gasteiger partial charge in [-0.25, -0.2) is 4.39 Å². The fourth-order valence-electron chi connectivity index (χ4n) is 2.44. The van der Waals surface area contributed by atoms with E-state index in [1.54, 1.807) is 19.2 Å². The lowest BCUT2D eigenvalue weighted by molar-refractivity contribution is 0.394. The third-order valence-corrected chi connectivity index (χ3v) is 3.64. The molecule has 1 fully saturated rings. The average Bonchev–Trinajstić information content (AvgIpc) is 2.87. The molecular weight excluding hydrogens is 382 g/mol. The molecule has 4 nitrogen and oxygen atoms in total. The second-order valence-corrected chi connectivity index (χ2v) is 5.35. The molecule has 0 aromatic heterocycles. The number of rotatable bonds is 4. The van der Waals surface area contributed by atoms with Crippen molar-refractivity contribution in [1.82, 2.24) is 15.5 Å². The summed E-state index contributed by atoms with van der Waals surface area (Å²) in [6, 6.07) is 6.51. The number of nitrogens with zero attached hydrogens (tertiary/aromatic N) is 2.